The van der Waals surface area contributed by atoms with Crippen LogP contribution in [0.4, 0.5) is 4.39 Å². The molecule has 7 heteroatoms. The predicted octanol–water partition coefficient (Wildman–Crippen LogP) is 1.11. The predicted molar refractivity (Wildman–Crippen MR) is 63.4 cm³/mol. The first-order chi connectivity index (χ1) is 9.15. The van der Waals surface area contributed by atoms with Crippen LogP contribution in [0.15, 0.2) is 24.7 Å². The normalized spacial score (nSPS) is 12.0. The van der Waals surface area contributed by atoms with Crippen molar-refractivity contribution in [3.05, 3.63) is 41.7 Å². The number of aliphatic hydroxyl groups excluding tert-OH is 1. The van der Waals surface area contributed by atoms with Gasteiger partial charge in [-0.15, -0.1) is 0 Å². The van der Waals surface area contributed by atoms with E-state index in [0.717, 1.165) is 6.20 Å². The second-order valence-electron chi connectivity index (χ2n) is 3.65. The van der Waals surface area contributed by atoms with Gasteiger partial charge in [0.15, 0.2) is 0 Å². The molecule has 1 unspecified atom stereocenters. The van der Waals surface area contributed by atoms with Crippen LogP contribution >= 0.6 is 0 Å². The Bertz CT molecular complexity index is 580. The number of halogens is 1. The molecule has 0 aliphatic carbocycles. The van der Waals surface area contributed by atoms with E-state index < -0.39 is 11.9 Å². The highest BCUT2D eigenvalue weighted by atomic mass is 19.1. The lowest BCUT2D eigenvalue weighted by Crippen LogP contribution is -2.08. The van der Waals surface area contributed by atoms with E-state index in [1.54, 1.807) is 0 Å². The maximum atomic E-state index is 13.1. The molecule has 2 aromatic rings. The molecule has 2 rings (SSSR count). The SMILES string of the molecule is COc1cnc(C(O)c2cncc(F)c2)c(OC)n1. The molecule has 0 saturated heterocycles. The Balaban J connectivity index is 2.40. The highest BCUT2D eigenvalue weighted by Gasteiger charge is 2.20. The minimum absolute atomic E-state index is 0.108. The molecule has 0 spiro atoms. The quantitative estimate of drug-likeness (QED) is 0.892. The largest absolute Gasteiger partial charge is 0.480 e. The average Bonchev–Trinajstić information content (AvgIpc) is 2.45. The van der Waals surface area contributed by atoms with Crippen molar-refractivity contribution in [3.8, 4) is 11.8 Å². The van der Waals surface area contributed by atoms with E-state index >= 15 is 0 Å². The molecule has 0 saturated carbocycles. The maximum absolute atomic E-state index is 13.1. The summed E-state index contributed by atoms with van der Waals surface area (Å²) in [6.45, 7) is 0. The van der Waals surface area contributed by atoms with Gasteiger partial charge in [-0.1, -0.05) is 0 Å². The van der Waals surface area contributed by atoms with Crippen molar-refractivity contribution >= 4 is 0 Å². The Morgan fingerprint density at radius 2 is 2.00 bits per heavy atom. The highest BCUT2D eigenvalue weighted by molar-refractivity contribution is 5.31. The van der Waals surface area contributed by atoms with Crippen molar-refractivity contribution in [2.75, 3.05) is 14.2 Å². The van der Waals surface area contributed by atoms with Gasteiger partial charge >= 0.3 is 0 Å². The van der Waals surface area contributed by atoms with Gasteiger partial charge in [0.25, 0.3) is 0 Å². The van der Waals surface area contributed by atoms with Crippen LogP contribution in [0.1, 0.15) is 17.4 Å². The van der Waals surface area contributed by atoms with Gasteiger partial charge in [0.1, 0.15) is 17.6 Å². The molecule has 0 aliphatic rings. The Kier molecular flexibility index (Phi) is 3.86. The summed E-state index contributed by atoms with van der Waals surface area (Å²) in [5, 5.41) is 10.2. The molecule has 0 aliphatic heterocycles. The number of aromatic nitrogens is 3. The third-order valence-electron chi connectivity index (χ3n) is 2.45. The van der Waals surface area contributed by atoms with Gasteiger partial charge in [0.2, 0.25) is 11.8 Å². The first kappa shape index (κ1) is 13.2. The molecule has 19 heavy (non-hydrogen) atoms. The molecule has 0 aromatic carbocycles. The Labute approximate surface area is 108 Å². The lowest BCUT2D eigenvalue weighted by Gasteiger charge is -2.13. The third-order valence-corrected chi connectivity index (χ3v) is 2.45. The second kappa shape index (κ2) is 5.57. The Morgan fingerprint density at radius 1 is 1.21 bits per heavy atom. The molecule has 100 valence electrons. The molecular weight excluding hydrogens is 253 g/mol. The molecule has 0 amide bonds. The smallest absolute Gasteiger partial charge is 0.241 e. The van der Waals surface area contributed by atoms with E-state index in [-0.39, 0.29) is 23.0 Å². The average molecular weight is 265 g/mol. The van der Waals surface area contributed by atoms with Crippen molar-refractivity contribution in [2.24, 2.45) is 0 Å². The third kappa shape index (κ3) is 2.76. The number of ether oxygens (including phenoxy) is 2. The van der Waals surface area contributed by atoms with Crippen LogP contribution in [0.25, 0.3) is 0 Å². The van der Waals surface area contributed by atoms with Gasteiger partial charge in [-0.2, -0.15) is 4.98 Å². The molecule has 1 N–H and O–H groups in total. The first-order valence-corrected chi connectivity index (χ1v) is 5.39. The molecule has 1 atom stereocenters. The number of pyridine rings is 1. The van der Waals surface area contributed by atoms with E-state index in [1.165, 1.54) is 32.7 Å². The summed E-state index contributed by atoms with van der Waals surface area (Å²) < 4.78 is 23.0. The maximum Gasteiger partial charge on any atom is 0.241 e. The Morgan fingerprint density at radius 3 is 2.63 bits per heavy atom. The number of nitrogens with zero attached hydrogens (tertiary/aromatic N) is 3. The summed E-state index contributed by atoms with van der Waals surface area (Å²) >= 11 is 0. The lowest BCUT2D eigenvalue weighted by atomic mass is 10.1. The fourth-order valence-electron chi connectivity index (χ4n) is 1.54. The van der Waals surface area contributed by atoms with Gasteiger partial charge in [-0.05, 0) is 6.07 Å². The summed E-state index contributed by atoms with van der Waals surface area (Å²) in [4.78, 5) is 11.7. The van der Waals surface area contributed by atoms with E-state index in [1.807, 2.05) is 0 Å². The zero-order valence-electron chi connectivity index (χ0n) is 10.4. The number of rotatable bonds is 4. The number of aliphatic hydroxyl groups is 1. The summed E-state index contributed by atoms with van der Waals surface area (Å²) in [5.74, 6) is -0.182. The monoisotopic (exact) mass is 265 g/mol. The van der Waals surface area contributed by atoms with E-state index in [4.69, 9.17) is 9.47 Å². The molecule has 2 heterocycles. The van der Waals surface area contributed by atoms with Gasteiger partial charge in [0.05, 0.1) is 26.6 Å². The molecule has 2 aromatic heterocycles. The lowest BCUT2D eigenvalue weighted by molar-refractivity contribution is 0.205. The van der Waals surface area contributed by atoms with Crippen LogP contribution in [0.3, 0.4) is 0 Å². The summed E-state index contributed by atoms with van der Waals surface area (Å²) in [6.07, 6.45) is 2.55. The van der Waals surface area contributed by atoms with Gasteiger partial charge < -0.3 is 14.6 Å². The van der Waals surface area contributed by atoms with Crippen LogP contribution in [0.5, 0.6) is 11.8 Å². The van der Waals surface area contributed by atoms with E-state index in [0.29, 0.717) is 0 Å². The molecule has 0 radical (unpaired) electrons. The zero-order chi connectivity index (χ0) is 13.8. The zero-order valence-corrected chi connectivity index (χ0v) is 10.4. The standard InChI is InChI=1S/C12H12FN3O3/c1-18-9-6-15-10(12(16-9)19-2)11(17)7-3-8(13)5-14-4-7/h3-6,11,17H,1-2H3. The molecule has 0 bridgehead atoms. The Hall–Kier alpha value is -2.28. The van der Waals surface area contributed by atoms with Crippen molar-refractivity contribution in [2.45, 2.75) is 6.10 Å². The van der Waals surface area contributed by atoms with Gasteiger partial charge in [0, 0.05) is 11.8 Å². The van der Waals surface area contributed by atoms with Crippen molar-refractivity contribution in [3.63, 3.8) is 0 Å². The second-order valence-corrected chi connectivity index (χ2v) is 3.65. The van der Waals surface area contributed by atoms with Crippen LogP contribution in [-0.2, 0) is 0 Å². The molecule has 0 fully saturated rings. The minimum Gasteiger partial charge on any atom is -0.480 e. The van der Waals surface area contributed by atoms with Crippen LogP contribution in [0.2, 0.25) is 0 Å². The van der Waals surface area contributed by atoms with Crippen molar-refractivity contribution in [1.29, 1.82) is 0 Å². The van der Waals surface area contributed by atoms with Crippen LogP contribution in [0, 0.1) is 5.82 Å². The highest BCUT2D eigenvalue weighted by Crippen LogP contribution is 2.27. The molecule has 6 nitrogen and oxygen atoms in total. The van der Waals surface area contributed by atoms with Crippen molar-refractivity contribution in [1.82, 2.24) is 15.0 Å². The first-order valence-electron chi connectivity index (χ1n) is 5.39. The van der Waals surface area contributed by atoms with E-state index in [9.17, 15) is 9.50 Å². The molecular formula is C12H12FN3O3. The van der Waals surface area contributed by atoms with E-state index in [2.05, 4.69) is 15.0 Å². The topological polar surface area (TPSA) is 77.4 Å². The van der Waals surface area contributed by atoms with Gasteiger partial charge in [-0.25, -0.2) is 9.37 Å². The minimum atomic E-state index is -1.18. The number of hydrogen-bond acceptors (Lipinski definition) is 6. The van der Waals surface area contributed by atoms with Crippen LogP contribution in [-0.4, -0.2) is 34.3 Å². The fourth-order valence-corrected chi connectivity index (χ4v) is 1.54. The van der Waals surface area contributed by atoms with Crippen LogP contribution < -0.4 is 9.47 Å². The summed E-state index contributed by atoms with van der Waals surface area (Å²) in [7, 11) is 2.83. The summed E-state index contributed by atoms with van der Waals surface area (Å²) in [5.41, 5.74) is 0.425. The number of hydrogen-bond donors (Lipinski definition) is 1. The van der Waals surface area contributed by atoms with Gasteiger partial charge in [-0.3, -0.25) is 4.98 Å². The van der Waals surface area contributed by atoms with Crippen molar-refractivity contribution < 1.29 is 19.0 Å². The fraction of sp³-hybridized carbons (Fsp3) is 0.250. The number of methoxy groups -OCH3 is 2. The summed E-state index contributed by atoms with van der Waals surface area (Å²) in [6, 6.07) is 1.17.